The minimum Gasteiger partial charge on any atom is -0.494 e. The van der Waals surface area contributed by atoms with Gasteiger partial charge in [0.15, 0.2) is 17.4 Å². The quantitative estimate of drug-likeness (QED) is 0.798. The summed E-state index contributed by atoms with van der Waals surface area (Å²) >= 11 is 0. The summed E-state index contributed by atoms with van der Waals surface area (Å²) in [6.07, 6.45) is 1.56. The van der Waals surface area contributed by atoms with Gasteiger partial charge in [0.2, 0.25) is 0 Å². The van der Waals surface area contributed by atoms with Crippen LogP contribution in [0.25, 0.3) is 0 Å². The molecule has 134 valence electrons. The standard InChI is InChI=1S/C17H20FN3O4/c1-3-24-10-15-19-16(20-25-15)13-5-4-8-21(13)17(22)11-6-7-14(23-2)12(18)9-11/h6-7,9,13H,3-5,8,10H2,1-2H3. The molecule has 7 nitrogen and oxygen atoms in total. The van der Waals surface area contributed by atoms with E-state index in [0.717, 1.165) is 12.8 Å². The van der Waals surface area contributed by atoms with Crippen LogP contribution >= 0.6 is 0 Å². The van der Waals surface area contributed by atoms with Gasteiger partial charge in [0, 0.05) is 18.7 Å². The van der Waals surface area contributed by atoms with E-state index in [1.54, 1.807) is 11.0 Å². The summed E-state index contributed by atoms with van der Waals surface area (Å²) in [6, 6.07) is 3.91. The van der Waals surface area contributed by atoms with Crippen molar-refractivity contribution < 1.29 is 23.2 Å². The van der Waals surface area contributed by atoms with E-state index in [9.17, 15) is 9.18 Å². The van der Waals surface area contributed by atoms with E-state index in [1.165, 1.54) is 19.2 Å². The van der Waals surface area contributed by atoms with Gasteiger partial charge >= 0.3 is 0 Å². The zero-order valence-corrected chi connectivity index (χ0v) is 14.2. The number of carbonyl (C=O) groups is 1. The third-order valence-electron chi connectivity index (χ3n) is 4.12. The van der Waals surface area contributed by atoms with E-state index in [-0.39, 0.29) is 29.9 Å². The lowest BCUT2D eigenvalue weighted by atomic mass is 10.1. The monoisotopic (exact) mass is 349 g/mol. The highest BCUT2D eigenvalue weighted by atomic mass is 19.1. The lowest BCUT2D eigenvalue weighted by molar-refractivity contribution is 0.0727. The first-order valence-electron chi connectivity index (χ1n) is 8.18. The van der Waals surface area contributed by atoms with E-state index in [1.807, 2.05) is 6.92 Å². The molecule has 1 amide bonds. The second-order valence-corrected chi connectivity index (χ2v) is 5.69. The Labute approximate surface area is 144 Å². The molecule has 8 heteroatoms. The normalized spacial score (nSPS) is 17.1. The maximum Gasteiger partial charge on any atom is 0.254 e. The van der Waals surface area contributed by atoms with Crippen LogP contribution in [0.15, 0.2) is 22.7 Å². The summed E-state index contributed by atoms with van der Waals surface area (Å²) in [5.74, 6) is 0.109. The lowest BCUT2D eigenvalue weighted by Gasteiger charge is -2.22. The molecule has 1 aliphatic heterocycles. The fourth-order valence-electron chi connectivity index (χ4n) is 2.89. The van der Waals surface area contributed by atoms with Crippen LogP contribution in [0.4, 0.5) is 4.39 Å². The van der Waals surface area contributed by atoms with Crippen molar-refractivity contribution in [2.75, 3.05) is 20.3 Å². The zero-order valence-electron chi connectivity index (χ0n) is 14.2. The van der Waals surface area contributed by atoms with Crippen molar-refractivity contribution in [1.29, 1.82) is 0 Å². The number of halogens is 1. The van der Waals surface area contributed by atoms with Gasteiger partial charge in [0.05, 0.1) is 13.2 Å². The average Bonchev–Trinajstić information content (AvgIpc) is 3.28. The molecule has 0 saturated carbocycles. The molecule has 2 aromatic rings. The van der Waals surface area contributed by atoms with Crippen LogP contribution in [0.5, 0.6) is 5.75 Å². The number of ether oxygens (including phenoxy) is 2. The first kappa shape index (κ1) is 17.3. The van der Waals surface area contributed by atoms with Crippen molar-refractivity contribution in [3.63, 3.8) is 0 Å². The van der Waals surface area contributed by atoms with Crippen LogP contribution in [0.1, 0.15) is 47.9 Å². The molecule has 1 aromatic carbocycles. The first-order chi connectivity index (χ1) is 12.1. The Bertz CT molecular complexity index is 749. The summed E-state index contributed by atoms with van der Waals surface area (Å²) in [4.78, 5) is 18.7. The topological polar surface area (TPSA) is 77.7 Å². The molecule has 1 aromatic heterocycles. The molecule has 2 heterocycles. The van der Waals surface area contributed by atoms with E-state index < -0.39 is 5.82 Å². The number of benzene rings is 1. The Morgan fingerprint density at radius 1 is 1.48 bits per heavy atom. The summed E-state index contributed by atoms with van der Waals surface area (Å²) in [6.45, 7) is 3.23. The largest absolute Gasteiger partial charge is 0.494 e. The number of methoxy groups -OCH3 is 1. The van der Waals surface area contributed by atoms with Crippen LogP contribution in [0.3, 0.4) is 0 Å². The van der Waals surface area contributed by atoms with E-state index in [2.05, 4.69) is 10.1 Å². The number of carbonyl (C=O) groups excluding carboxylic acids is 1. The van der Waals surface area contributed by atoms with Crippen molar-refractivity contribution in [3.8, 4) is 5.75 Å². The molecule has 1 saturated heterocycles. The van der Waals surface area contributed by atoms with Crippen LogP contribution in [-0.4, -0.2) is 41.2 Å². The number of hydrogen-bond donors (Lipinski definition) is 0. The molecular weight excluding hydrogens is 329 g/mol. The van der Waals surface area contributed by atoms with Crippen LogP contribution in [0, 0.1) is 5.82 Å². The van der Waals surface area contributed by atoms with E-state index in [0.29, 0.717) is 24.9 Å². The molecule has 0 bridgehead atoms. The molecule has 25 heavy (non-hydrogen) atoms. The SMILES string of the molecule is CCOCc1nc(C2CCCN2C(=O)c2ccc(OC)c(F)c2)no1. The summed E-state index contributed by atoms with van der Waals surface area (Å²) in [5.41, 5.74) is 0.267. The number of rotatable bonds is 6. The molecule has 3 rings (SSSR count). The van der Waals surface area contributed by atoms with Crippen molar-refractivity contribution in [2.24, 2.45) is 0 Å². The number of likely N-dealkylation sites (tertiary alicyclic amines) is 1. The fraction of sp³-hybridized carbons (Fsp3) is 0.471. The predicted molar refractivity (Wildman–Crippen MR) is 85.6 cm³/mol. The van der Waals surface area contributed by atoms with Gasteiger partial charge in [-0.2, -0.15) is 4.98 Å². The third kappa shape index (κ3) is 3.63. The highest BCUT2D eigenvalue weighted by molar-refractivity contribution is 5.94. The molecule has 0 radical (unpaired) electrons. The summed E-state index contributed by atoms with van der Waals surface area (Å²) < 4.78 is 29.2. The Hall–Kier alpha value is -2.48. The molecule has 0 aliphatic carbocycles. The smallest absolute Gasteiger partial charge is 0.254 e. The summed E-state index contributed by atoms with van der Waals surface area (Å²) in [5, 5.41) is 3.97. The van der Waals surface area contributed by atoms with Gasteiger partial charge in [-0.3, -0.25) is 4.79 Å². The number of aromatic nitrogens is 2. The van der Waals surface area contributed by atoms with Gasteiger partial charge in [0.25, 0.3) is 11.8 Å². The maximum absolute atomic E-state index is 13.9. The van der Waals surface area contributed by atoms with Gasteiger partial charge in [-0.05, 0) is 38.0 Å². The van der Waals surface area contributed by atoms with E-state index in [4.69, 9.17) is 14.0 Å². The second-order valence-electron chi connectivity index (χ2n) is 5.69. The second kappa shape index (κ2) is 7.60. The Kier molecular flexibility index (Phi) is 5.28. The summed E-state index contributed by atoms with van der Waals surface area (Å²) in [7, 11) is 1.38. The molecule has 1 aliphatic rings. The van der Waals surface area contributed by atoms with Crippen molar-refractivity contribution in [1.82, 2.24) is 15.0 Å². The first-order valence-corrected chi connectivity index (χ1v) is 8.18. The van der Waals surface area contributed by atoms with Crippen molar-refractivity contribution in [3.05, 3.63) is 41.3 Å². The zero-order chi connectivity index (χ0) is 17.8. The van der Waals surface area contributed by atoms with Gasteiger partial charge in [-0.25, -0.2) is 4.39 Å². The molecule has 0 N–H and O–H groups in total. The predicted octanol–water partition coefficient (Wildman–Crippen LogP) is 2.73. The highest BCUT2D eigenvalue weighted by Gasteiger charge is 2.34. The Morgan fingerprint density at radius 3 is 3.04 bits per heavy atom. The average molecular weight is 349 g/mol. The van der Waals surface area contributed by atoms with Crippen LogP contribution in [-0.2, 0) is 11.3 Å². The van der Waals surface area contributed by atoms with Gasteiger partial charge in [-0.15, -0.1) is 0 Å². The van der Waals surface area contributed by atoms with Gasteiger partial charge < -0.3 is 18.9 Å². The lowest BCUT2D eigenvalue weighted by Crippen LogP contribution is -2.31. The molecule has 1 fully saturated rings. The molecule has 1 atom stereocenters. The Morgan fingerprint density at radius 2 is 2.32 bits per heavy atom. The third-order valence-corrected chi connectivity index (χ3v) is 4.12. The number of nitrogens with zero attached hydrogens (tertiary/aromatic N) is 3. The minimum atomic E-state index is -0.567. The number of hydrogen-bond acceptors (Lipinski definition) is 6. The van der Waals surface area contributed by atoms with Crippen molar-refractivity contribution >= 4 is 5.91 Å². The highest BCUT2D eigenvalue weighted by Crippen LogP contribution is 2.32. The van der Waals surface area contributed by atoms with Crippen molar-refractivity contribution in [2.45, 2.75) is 32.4 Å². The van der Waals surface area contributed by atoms with Crippen LogP contribution < -0.4 is 4.74 Å². The molecule has 0 spiro atoms. The maximum atomic E-state index is 13.9. The minimum absolute atomic E-state index is 0.105. The van der Waals surface area contributed by atoms with Gasteiger partial charge in [-0.1, -0.05) is 5.16 Å². The molecule has 1 unspecified atom stereocenters. The molecular formula is C17H20FN3O4. The van der Waals surface area contributed by atoms with Gasteiger partial charge in [0.1, 0.15) is 6.61 Å². The van der Waals surface area contributed by atoms with Crippen LogP contribution in [0.2, 0.25) is 0 Å². The number of amides is 1. The fourth-order valence-corrected chi connectivity index (χ4v) is 2.89. The Balaban J connectivity index is 1.77. The van der Waals surface area contributed by atoms with E-state index >= 15 is 0 Å².